The molecule has 27 heavy (non-hydrogen) atoms. The minimum atomic E-state index is -0.173. The van der Waals surface area contributed by atoms with Crippen LogP contribution in [-0.4, -0.2) is 44.8 Å². The van der Waals surface area contributed by atoms with Gasteiger partial charge in [-0.05, 0) is 49.2 Å². The molecule has 3 aromatic rings. The number of anilines is 1. The molecule has 140 valence electrons. The van der Waals surface area contributed by atoms with Crippen molar-refractivity contribution in [2.45, 2.75) is 25.4 Å². The average Bonchev–Trinajstić information content (AvgIpc) is 3.38. The van der Waals surface area contributed by atoms with Crippen LogP contribution in [0.3, 0.4) is 0 Å². The number of furan rings is 1. The Morgan fingerprint density at radius 2 is 2.00 bits per heavy atom. The van der Waals surface area contributed by atoms with Crippen molar-refractivity contribution in [3.8, 4) is 5.69 Å². The summed E-state index contributed by atoms with van der Waals surface area (Å²) >= 11 is 0. The van der Waals surface area contributed by atoms with Gasteiger partial charge < -0.3 is 15.1 Å². The van der Waals surface area contributed by atoms with Gasteiger partial charge in [-0.25, -0.2) is 14.5 Å². The summed E-state index contributed by atoms with van der Waals surface area (Å²) in [5.41, 5.74) is 1.63. The van der Waals surface area contributed by atoms with Gasteiger partial charge in [-0.1, -0.05) is 0 Å². The molecule has 0 radical (unpaired) electrons. The molecule has 2 amide bonds. The smallest absolute Gasteiger partial charge is 0.319 e. The van der Waals surface area contributed by atoms with Gasteiger partial charge in [0.1, 0.15) is 18.4 Å². The largest absolute Gasteiger partial charge is 0.468 e. The number of carbonyl (C=O) groups is 1. The Balaban J connectivity index is 1.23. The highest BCUT2D eigenvalue weighted by atomic mass is 16.3. The summed E-state index contributed by atoms with van der Waals surface area (Å²) in [6.07, 6.45) is 6.68. The molecule has 1 aromatic carbocycles. The molecule has 1 saturated heterocycles. The maximum Gasteiger partial charge on any atom is 0.319 e. The molecule has 2 aromatic heterocycles. The van der Waals surface area contributed by atoms with E-state index in [2.05, 4.69) is 25.6 Å². The Morgan fingerprint density at radius 3 is 2.67 bits per heavy atom. The summed E-state index contributed by atoms with van der Waals surface area (Å²) in [6.45, 7) is 2.71. The van der Waals surface area contributed by atoms with E-state index in [0.29, 0.717) is 0 Å². The van der Waals surface area contributed by atoms with E-state index >= 15 is 0 Å². The zero-order chi connectivity index (χ0) is 18.5. The molecule has 0 spiro atoms. The van der Waals surface area contributed by atoms with E-state index in [1.54, 1.807) is 17.3 Å². The molecule has 1 aliphatic rings. The van der Waals surface area contributed by atoms with Crippen LogP contribution >= 0.6 is 0 Å². The molecular formula is C19H22N6O2. The topological polar surface area (TPSA) is 88.2 Å². The van der Waals surface area contributed by atoms with Crippen molar-refractivity contribution in [1.82, 2.24) is 25.0 Å². The third-order valence-electron chi connectivity index (χ3n) is 4.69. The van der Waals surface area contributed by atoms with Crippen LogP contribution in [0.2, 0.25) is 0 Å². The first-order chi connectivity index (χ1) is 13.3. The Bertz CT molecular complexity index is 837. The Kier molecular flexibility index (Phi) is 5.15. The van der Waals surface area contributed by atoms with E-state index in [9.17, 15) is 4.79 Å². The van der Waals surface area contributed by atoms with Crippen molar-refractivity contribution in [2.75, 3.05) is 18.4 Å². The predicted octanol–water partition coefficient (Wildman–Crippen LogP) is 2.65. The second kappa shape index (κ2) is 8.05. The number of aromatic nitrogens is 3. The van der Waals surface area contributed by atoms with Crippen molar-refractivity contribution < 1.29 is 9.21 Å². The summed E-state index contributed by atoms with van der Waals surface area (Å²) in [4.78, 5) is 18.5. The number of nitrogens with zero attached hydrogens (tertiary/aromatic N) is 4. The first kappa shape index (κ1) is 17.3. The average molecular weight is 366 g/mol. The lowest BCUT2D eigenvalue weighted by atomic mass is 10.1. The van der Waals surface area contributed by atoms with Crippen molar-refractivity contribution in [1.29, 1.82) is 0 Å². The quantitative estimate of drug-likeness (QED) is 0.725. The Labute approximate surface area is 157 Å². The zero-order valence-electron chi connectivity index (χ0n) is 14.9. The lowest BCUT2D eigenvalue weighted by molar-refractivity contribution is 0.179. The molecule has 0 atom stereocenters. The van der Waals surface area contributed by atoms with Gasteiger partial charge in [-0.2, -0.15) is 5.10 Å². The first-order valence-electron chi connectivity index (χ1n) is 9.03. The zero-order valence-corrected chi connectivity index (χ0v) is 14.9. The van der Waals surface area contributed by atoms with E-state index in [-0.39, 0.29) is 12.1 Å². The van der Waals surface area contributed by atoms with Crippen molar-refractivity contribution >= 4 is 11.7 Å². The van der Waals surface area contributed by atoms with E-state index in [0.717, 1.165) is 49.6 Å². The van der Waals surface area contributed by atoms with Gasteiger partial charge in [0.2, 0.25) is 0 Å². The highest BCUT2D eigenvalue weighted by Crippen LogP contribution is 2.15. The molecule has 0 unspecified atom stereocenters. The number of urea groups is 1. The molecule has 4 rings (SSSR count). The van der Waals surface area contributed by atoms with E-state index in [1.807, 2.05) is 36.4 Å². The van der Waals surface area contributed by atoms with Crippen LogP contribution < -0.4 is 10.6 Å². The van der Waals surface area contributed by atoms with Crippen LogP contribution in [0.4, 0.5) is 10.5 Å². The minimum absolute atomic E-state index is 0.173. The van der Waals surface area contributed by atoms with Gasteiger partial charge in [-0.15, -0.1) is 0 Å². The second-order valence-electron chi connectivity index (χ2n) is 6.62. The number of benzene rings is 1. The number of hydrogen-bond acceptors (Lipinski definition) is 5. The highest BCUT2D eigenvalue weighted by molar-refractivity contribution is 5.89. The molecule has 0 aliphatic carbocycles. The summed E-state index contributed by atoms with van der Waals surface area (Å²) in [5.74, 6) is 0.980. The number of piperidine rings is 1. The fourth-order valence-corrected chi connectivity index (χ4v) is 3.25. The molecule has 2 N–H and O–H groups in total. The number of carbonyl (C=O) groups excluding carboxylic acids is 1. The molecule has 0 bridgehead atoms. The van der Waals surface area contributed by atoms with Crippen molar-refractivity contribution in [2.24, 2.45) is 0 Å². The fourth-order valence-electron chi connectivity index (χ4n) is 3.25. The van der Waals surface area contributed by atoms with Gasteiger partial charge in [0.05, 0.1) is 18.5 Å². The summed E-state index contributed by atoms with van der Waals surface area (Å²) < 4.78 is 7.06. The number of nitrogens with one attached hydrogen (secondary N) is 2. The lowest BCUT2D eigenvalue weighted by Crippen LogP contribution is -2.45. The first-order valence-corrected chi connectivity index (χ1v) is 9.03. The monoisotopic (exact) mass is 366 g/mol. The second-order valence-corrected chi connectivity index (χ2v) is 6.62. The van der Waals surface area contributed by atoms with E-state index in [4.69, 9.17) is 4.42 Å². The molecule has 1 aliphatic heterocycles. The van der Waals surface area contributed by atoms with Crippen LogP contribution in [0.5, 0.6) is 0 Å². The van der Waals surface area contributed by atoms with Crippen LogP contribution in [0, 0.1) is 0 Å². The maximum absolute atomic E-state index is 12.3. The van der Waals surface area contributed by atoms with Crippen LogP contribution in [0.1, 0.15) is 18.6 Å². The van der Waals surface area contributed by atoms with Gasteiger partial charge in [0.25, 0.3) is 0 Å². The number of hydrogen-bond donors (Lipinski definition) is 2. The maximum atomic E-state index is 12.3. The standard InChI is InChI=1S/C19H22N6O2/c26-19(22-15-3-5-17(6-4-15)25-14-20-13-21-25)23-16-7-9-24(10-8-16)12-18-2-1-11-27-18/h1-6,11,13-14,16H,7-10,12H2,(H2,22,23,26). The van der Waals surface area contributed by atoms with Crippen LogP contribution in [0.15, 0.2) is 59.7 Å². The Hall–Kier alpha value is -3.13. The summed E-state index contributed by atoms with van der Waals surface area (Å²) in [7, 11) is 0. The molecular weight excluding hydrogens is 344 g/mol. The third kappa shape index (κ3) is 4.53. The Morgan fingerprint density at radius 1 is 1.19 bits per heavy atom. The predicted molar refractivity (Wildman–Crippen MR) is 101 cm³/mol. The van der Waals surface area contributed by atoms with Gasteiger partial charge >= 0.3 is 6.03 Å². The third-order valence-corrected chi connectivity index (χ3v) is 4.69. The van der Waals surface area contributed by atoms with E-state index < -0.39 is 0 Å². The molecule has 8 heteroatoms. The SMILES string of the molecule is O=C(Nc1ccc(-n2cncn2)cc1)NC1CCN(Cc2ccco2)CC1. The molecule has 3 heterocycles. The van der Waals surface area contributed by atoms with Gasteiger partial charge in [-0.3, -0.25) is 4.90 Å². The number of likely N-dealkylation sites (tertiary alicyclic amines) is 1. The number of rotatable bonds is 5. The normalized spacial score (nSPS) is 15.6. The van der Waals surface area contributed by atoms with Crippen molar-refractivity contribution in [3.63, 3.8) is 0 Å². The molecule has 0 saturated carbocycles. The fraction of sp³-hybridized carbons (Fsp3) is 0.316. The van der Waals surface area contributed by atoms with Gasteiger partial charge in [0.15, 0.2) is 0 Å². The molecule has 8 nitrogen and oxygen atoms in total. The van der Waals surface area contributed by atoms with Crippen LogP contribution in [0.25, 0.3) is 5.69 Å². The lowest BCUT2D eigenvalue weighted by Gasteiger charge is -2.31. The number of amides is 2. The van der Waals surface area contributed by atoms with Crippen molar-refractivity contribution in [3.05, 3.63) is 61.1 Å². The summed E-state index contributed by atoms with van der Waals surface area (Å²) in [6, 6.07) is 11.4. The highest BCUT2D eigenvalue weighted by Gasteiger charge is 2.21. The van der Waals surface area contributed by atoms with Gasteiger partial charge in [0, 0.05) is 24.8 Å². The van der Waals surface area contributed by atoms with E-state index in [1.165, 1.54) is 6.33 Å². The van der Waals surface area contributed by atoms with Crippen LogP contribution in [-0.2, 0) is 6.54 Å². The summed E-state index contributed by atoms with van der Waals surface area (Å²) in [5, 5.41) is 10.0. The molecule has 1 fully saturated rings. The minimum Gasteiger partial charge on any atom is -0.468 e.